The van der Waals surface area contributed by atoms with E-state index < -0.39 is 0 Å². The molecule has 1 atom stereocenters. The molecule has 2 heteroatoms. The van der Waals surface area contributed by atoms with Crippen molar-refractivity contribution in [3.8, 4) is 5.75 Å². The molecule has 2 aromatic carbocycles. The summed E-state index contributed by atoms with van der Waals surface area (Å²) in [6.45, 7) is 6.01. The Morgan fingerprint density at radius 3 is 2.52 bits per heavy atom. The van der Waals surface area contributed by atoms with Gasteiger partial charge in [0.25, 0.3) is 0 Å². The average Bonchev–Trinajstić information content (AvgIpc) is 2.54. The predicted molar refractivity (Wildman–Crippen MR) is 88.7 cm³/mol. The highest BCUT2D eigenvalue weighted by Crippen LogP contribution is 2.14. The highest BCUT2D eigenvalue weighted by Gasteiger charge is 2.00. The van der Waals surface area contributed by atoms with Crippen LogP contribution in [0.3, 0.4) is 0 Å². The van der Waals surface area contributed by atoms with Crippen molar-refractivity contribution in [3.05, 3.63) is 65.7 Å². The van der Waals surface area contributed by atoms with Crippen LogP contribution in [0.15, 0.2) is 54.6 Å². The lowest BCUT2D eigenvalue weighted by atomic mass is 10.1. The number of ether oxygens (including phenoxy) is 1. The van der Waals surface area contributed by atoms with E-state index in [1.165, 1.54) is 11.1 Å². The van der Waals surface area contributed by atoms with E-state index in [9.17, 15) is 0 Å². The molecule has 0 aliphatic carbocycles. The lowest BCUT2D eigenvalue weighted by Gasteiger charge is -2.12. The van der Waals surface area contributed by atoms with Crippen molar-refractivity contribution < 1.29 is 4.74 Å². The van der Waals surface area contributed by atoms with Crippen LogP contribution in [-0.4, -0.2) is 12.6 Å². The summed E-state index contributed by atoms with van der Waals surface area (Å²) in [6.07, 6.45) is 2.09. The summed E-state index contributed by atoms with van der Waals surface area (Å²) < 4.78 is 5.86. The van der Waals surface area contributed by atoms with Crippen molar-refractivity contribution in [1.29, 1.82) is 0 Å². The fourth-order valence-corrected chi connectivity index (χ4v) is 2.11. The molecular weight excluding hydrogens is 258 g/mol. The van der Waals surface area contributed by atoms with Crippen LogP contribution in [0.4, 0.5) is 0 Å². The molecule has 2 nitrogen and oxygen atoms in total. The molecule has 1 unspecified atom stereocenters. The molecule has 0 saturated heterocycles. The summed E-state index contributed by atoms with van der Waals surface area (Å²) in [5.41, 5.74) is 2.58. The first-order valence-corrected chi connectivity index (χ1v) is 7.77. The van der Waals surface area contributed by atoms with Crippen LogP contribution in [0.2, 0.25) is 0 Å². The van der Waals surface area contributed by atoms with Gasteiger partial charge in [0.15, 0.2) is 0 Å². The topological polar surface area (TPSA) is 21.3 Å². The summed E-state index contributed by atoms with van der Waals surface area (Å²) in [6, 6.07) is 19.3. The third-order valence-electron chi connectivity index (χ3n) is 3.67. The minimum Gasteiger partial charge on any atom is -0.493 e. The largest absolute Gasteiger partial charge is 0.493 e. The van der Waals surface area contributed by atoms with Gasteiger partial charge >= 0.3 is 0 Å². The van der Waals surface area contributed by atoms with E-state index in [2.05, 4.69) is 61.6 Å². The number of hydrogen-bond acceptors (Lipinski definition) is 2. The molecule has 0 spiro atoms. The SMILES string of the molecule is CCC(C)NCc1cccc(OCCc2ccccc2)c1. The van der Waals surface area contributed by atoms with Crippen LogP contribution in [0.5, 0.6) is 5.75 Å². The monoisotopic (exact) mass is 283 g/mol. The number of nitrogens with one attached hydrogen (secondary N) is 1. The second-order valence-electron chi connectivity index (χ2n) is 5.42. The van der Waals surface area contributed by atoms with E-state index in [0.29, 0.717) is 12.6 Å². The van der Waals surface area contributed by atoms with Crippen molar-refractivity contribution >= 4 is 0 Å². The van der Waals surface area contributed by atoms with Crippen LogP contribution in [0, 0.1) is 0 Å². The van der Waals surface area contributed by atoms with Crippen LogP contribution in [-0.2, 0) is 13.0 Å². The molecule has 0 radical (unpaired) electrons. The van der Waals surface area contributed by atoms with Gasteiger partial charge in [-0.05, 0) is 36.6 Å². The van der Waals surface area contributed by atoms with Gasteiger partial charge in [-0.25, -0.2) is 0 Å². The molecule has 2 rings (SSSR count). The first kappa shape index (κ1) is 15.6. The van der Waals surface area contributed by atoms with Gasteiger partial charge in [0.2, 0.25) is 0 Å². The molecule has 112 valence electrons. The average molecular weight is 283 g/mol. The molecule has 1 N–H and O–H groups in total. The maximum Gasteiger partial charge on any atom is 0.119 e. The van der Waals surface area contributed by atoms with E-state index in [-0.39, 0.29) is 0 Å². The molecule has 21 heavy (non-hydrogen) atoms. The highest BCUT2D eigenvalue weighted by atomic mass is 16.5. The summed E-state index contributed by atoms with van der Waals surface area (Å²) in [7, 11) is 0. The maximum atomic E-state index is 5.86. The third-order valence-corrected chi connectivity index (χ3v) is 3.67. The zero-order valence-corrected chi connectivity index (χ0v) is 13.0. The standard InChI is InChI=1S/C19H25NO/c1-3-16(2)20-15-18-10-7-11-19(14-18)21-13-12-17-8-5-4-6-9-17/h4-11,14,16,20H,3,12-13,15H2,1-2H3. The Bertz CT molecular complexity index is 524. The van der Waals surface area contributed by atoms with Crippen molar-refractivity contribution in [2.24, 2.45) is 0 Å². The molecule has 0 aliphatic heterocycles. The Labute approximate surface area is 128 Å². The van der Waals surface area contributed by atoms with Gasteiger partial charge in [0.05, 0.1) is 6.61 Å². The zero-order valence-electron chi connectivity index (χ0n) is 13.0. The summed E-state index contributed by atoms with van der Waals surface area (Å²) in [5.74, 6) is 0.953. The lowest BCUT2D eigenvalue weighted by molar-refractivity contribution is 0.321. The zero-order chi connectivity index (χ0) is 14.9. The second-order valence-corrected chi connectivity index (χ2v) is 5.42. The molecule has 0 saturated carbocycles. The van der Waals surface area contributed by atoms with Crippen LogP contribution < -0.4 is 10.1 Å². The van der Waals surface area contributed by atoms with Gasteiger partial charge in [-0.15, -0.1) is 0 Å². The number of hydrogen-bond donors (Lipinski definition) is 1. The van der Waals surface area contributed by atoms with Crippen molar-refractivity contribution in [2.45, 2.75) is 39.3 Å². The molecule has 0 aliphatic rings. The van der Waals surface area contributed by atoms with Crippen LogP contribution in [0.25, 0.3) is 0 Å². The second kappa shape index (κ2) is 8.48. The van der Waals surface area contributed by atoms with Crippen molar-refractivity contribution in [3.63, 3.8) is 0 Å². The molecular formula is C19H25NO. The van der Waals surface area contributed by atoms with E-state index in [1.807, 2.05) is 12.1 Å². The number of benzene rings is 2. The Hall–Kier alpha value is -1.80. The van der Waals surface area contributed by atoms with E-state index in [4.69, 9.17) is 4.74 Å². The Balaban J connectivity index is 1.80. The van der Waals surface area contributed by atoms with Crippen LogP contribution in [0.1, 0.15) is 31.4 Å². The van der Waals surface area contributed by atoms with E-state index in [0.717, 1.165) is 25.1 Å². The molecule has 2 aromatic rings. The fourth-order valence-electron chi connectivity index (χ4n) is 2.11. The van der Waals surface area contributed by atoms with Gasteiger partial charge < -0.3 is 10.1 Å². The molecule has 0 aromatic heterocycles. The molecule has 0 bridgehead atoms. The van der Waals surface area contributed by atoms with Crippen LogP contribution >= 0.6 is 0 Å². The Morgan fingerprint density at radius 1 is 1.00 bits per heavy atom. The summed E-state index contributed by atoms with van der Waals surface area (Å²) in [4.78, 5) is 0. The van der Waals surface area contributed by atoms with Gasteiger partial charge in [-0.1, -0.05) is 49.4 Å². The number of rotatable bonds is 8. The first-order chi connectivity index (χ1) is 10.3. The molecule has 0 fully saturated rings. The predicted octanol–water partition coefficient (Wildman–Crippen LogP) is 4.20. The van der Waals surface area contributed by atoms with Crippen molar-refractivity contribution in [1.82, 2.24) is 5.32 Å². The Kier molecular flexibility index (Phi) is 6.29. The first-order valence-electron chi connectivity index (χ1n) is 7.77. The fraction of sp³-hybridized carbons (Fsp3) is 0.368. The van der Waals surface area contributed by atoms with E-state index >= 15 is 0 Å². The highest BCUT2D eigenvalue weighted by molar-refractivity contribution is 5.28. The maximum absolute atomic E-state index is 5.86. The van der Waals surface area contributed by atoms with Gasteiger partial charge in [-0.3, -0.25) is 0 Å². The minimum absolute atomic E-state index is 0.549. The van der Waals surface area contributed by atoms with Gasteiger partial charge in [-0.2, -0.15) is 0 Å². The normalized spacial score (nSPS) is 12.1. The van der Waals surface area contributed by atoms with Crippen molar-refractivity contribution in [2.75, 3.05) is 6.61 Å². The minimum atomic E-state index is 0.549. The third kappa shape index (κ3) is 5.60. The van der Waals surface area contributed by atoms with Gasteiger partial charge in [0.1, 0.15) is 5.75 Å². The summed E-state index contributed by atoms with van der Waals surface area (Å²) >= 11 is 0. The van der Waals surface area contributed by atoms with Gasteiger partial charge in [0, 0.05) is 19.0 Å². The van der Waals surface area contributed by atoms with E-state index in [1.54, 1.807) is 0 Å². The lowest BCUT2D eigenvalue weighted by Crippen LogP contribution is -2.24. The Morgan fingerprint density at radius 2 is 1.76 bits per heavy atom. The molecule has 0 amide bonds. The quantitative estimate of drug-likeness (QED) is 0.784. The summed E-state index contributed by atoms with van der Waals surface area (Å²) in [5, 5.41) is 3.50. The molecule has 0 heterocycles. The smallest absolute Gasteiger partial charge is 0.119 e.